The molecule has 0 aliphatic carbocycles. The van der Waals surface area contributed by atoms with Gasteiger partial charge in [-0.2, -0.15) is 5.10 Å². The molecule has 0 aliphatic rings. The molecule has 4 heteroatoms. The average molecular weight is 166 g/mol. The number of esters is 1. The molecule has 1 rings (SSSR count). The Morgan fingerprint density at radius 3 is 2.92 bits per heavy atom. The van der Waals surface area contributed by atoms with Crippen LogP contribution in [-0.4, -0.2) is 22.9 Å². The van der Waals surface area contributed by atoms with Gasteiger partial charge in [-0.25, -0.2) is 4.79 Å². The largest absolute Gasteiger partial charge is 0.464 e. The topological polar surface area (TPSA) is 44.1 Å². The molecule has 0 saturated heterocycles. The van der Waals surface area contributed by atoms with Crippen molar-refractivity contribution in [1.29, 1.82) is 0 Å². The second kappa shape index (κ2) is 3.21. The fourth-order valence-electron chi connectivity index (χ4n) is 0.877. The molecule has 1 aromatic heterocycles. The van der Waals surface area contributed by atoms with Gasteiger partial charge < -0.3 is 4.74 Å². The summed E-state index contributed by atoms with van der Waals surface area (Å²) in [4.78, 5) is 11.0. The number of carbonyl (C=O) groups excluding carboxylic acids is 1. The van der Waals surface area contributed by atoms with Gasteiger partial charge in [0.2, 0.25) is 0 Å². The molecule has 0 bridgehead atoms. The van der Waals surface area contributed by atoms with E-state index in [1.807, 2.05) is 0 Å². The number of carbonyl (C=O) groups is 1. The first-order chi connectivity index (χ1) is 5.69. The van der Waals surface area contributed by atoms with Gasteiger partial charge in [0.15, 0.2) is 5.69 Å². The van der Waals surface area contributed by atoms with Crippen LogP contribution in [0.25, 0.3) is 6.08 Å². The van der Waals surface area contributed by atoms with Crippen molar-refractivity contribution in [2.24, 2.45) is 7.05 Å². The minimum Gasteiger partial charge on any atom is -0.464 e. The van der Waals surface area contributed by atoms with Crippen molar-refractivity contribution in [3.05, 3.63) is 24.0 Å². The highest BCUT2D eigenvalue weighted by Crippen LogP contribution is 2.04. The van der Waals surface area contributed by atoms with Crippen LogP contribution in [0.15, 0.2) is 12.6 Å². The van der Waals surface area contributed by atoms with Crippen molar-refractivity contribution < 1.29 is 9.53 Å². The van der Waals surface area contributed by atoms with E-state index in [4.69, 9.17) is 0 Å². The van der Waals surface area contributed by atoms with Crippen molar-refractivity contribution in [3.8, 4) is 0 Å². The number of aryl methyl sites for hydroxylation is 1. The molecular weight excluding hydrogens is 156 g/mol. The van der Waals surface area contributed by atoms with Crippen molar-refractivity contribution in [2.75, 3.05) is 7.11 Å². The number of rotatable bonds is 2. The molecular formula is C8H10N2O2. The van der Waals surface area contributed by atoms with Crippen LogP contribution < -0.4 is 0 Å². The van der Waals surface area contributed by atoms with Crippen LogP contribution in [-0.2, 0) is 11.8 Å². The first kappa shape index (κ1) is 8.52. The van der Waals surface area contributed by atoms with E-state index in [0.29, 0.717) is 5.69 Å². The standard InChI is InChI=1S/C8H10N2O2/c1-4-6-5-7(8(11)12-3)9-10(6)2/h4-5H,1H2,2-3H3. The average Bonchev–Trinajstić information content (AvgIpc) is 2.45. The molecule has 0 spiro atoms. The number of ether oxygens (including phenoxy) is 1. The molecule has 0 aromatic carbocycles. The Morgan fingerprint density at radius 1 is 1.83 bits per heavy atom. The highest BCUT2D eigenvalue weighted by Gasteiger charge is 2.10. The Balaban J connectivity index is 3.04. The van der Waals surface area contributed by atoms with Gasteiger partial charge >= 0.3 is 5.97 Å². The summed E-state index contributed by atoms with van der Waals surface area (Å²) < 4.78 is 6.07. The van der Waals surface area contributed by atoms with Crippen LogP contribution in [0.2, 0.25) is 0 Å². The Morgan fingerprint density at radius 2 is 2.50 bits per heavy atom. The SMILES string of the molecule is C=Cc1cc(C(=O)OC)nn1C. The smallest absolute Gasteiger partial charge is 0.358 e. The van der Waals surface area contributed by atoms with Crippen molar-refractivity contribution >= 4 is 12.0 Å². The van der Waals surface area contributed by atoms with E-state index in [1.54, 1.807) is 23.9 Å². The zero-order chi connectivity index (χ0) is 9.14. The summed E-state index contributed by atoms with van der Waals surface area (Å²) in [7, 11) is 3.06. The first-order valence-electron chi connectivity index (χ1n) is 3.44. The molecule has 12 heavy (non-hydrogen) atoms. The summed E-state index contributed by atoms with van der Waals surface area (Å²) in [5.74, 6) is -0.432. The monoisotopic (exact) mass is 166 g/mol. The number of methoxy groups -OCH3 is 1. The molecule has 0 fully saturated rings. The van der Waals surface area contributed by atoms with Crippen LogP contribution in [0.3, 0.4) is 0 Å². The molecule has 0 unspecified atom stereocenters. The third-order valence-corrected chi connectivity index (χ3v) is 1.52. The highest BCUT2D eigenvalue weighted by molar-refractivity contribution is 5.87. The number of hydrogen-bond donors (Lipinski definition) is 0. The summed E-state index contributed by atoms with van der Waals surface area (Å²) in [6.07, 6.45) is 1.62. The second-order valence-electron chi connectivity index (χ2n) is 2.27. The van der Waals surface area contributed by atoms with Gasteiger partial charge in [0.25, 0.3) is 0 Å². The maximum atomic E-state index is 11.0. The number of nitrogens with zero attached hydrogens (tertiary/aromatic N) is 2. The quantitative estimate of drug-likeness (QED) is 0.612. The van der Waals surface area contributed by atoms with E-state index < -0.39 is 5.97 Å². The van der Waals surface area contributed by atoms with E-state index >= 15 is 0 Å². The van der Waals surface area contributed by atoms with E-state index in [0.717, 1.165) is 5.69 Å². The summed E-state index contributed by atoms with van der Waals surface area (Å²) in [5.41, 5.74) is 1.09. The van der Waals surface area contributed by atoms with Gasteiger partial charge in [-0.3, -0.25) is 4.68 Å². The number of aromatic nitrogens is 2. The molecule has 0 amide bonds. The van der Waals surface area contributed by atoms with Crippen LogP contribution in [0.4, 0.5) is 0 Å². The lowest BCUT2D eigenvalue weighted by molar-refractivity contribution is 0.0593. The fraction of sp³-hybridized carbons (Fsp3) is 0.250. The third-order valence-electron chi connectivity index (χ3n) is 1.52. The van der Waals surface area contributed by atoms with Crippen LogP contribution in [0.5, 0.6) is 0 Å². The number of hydrogen-bond acceptors (Lipinski definition) is 3. The van der Waals surface area contributed by atoms with E-state index in [-0.39, 0.29) is 0 Å². The summed E-state index contributed by atoms with van der Waals surface area (Å²) in [6, 6.07) is 1.62. The fourth-order valence-corrected chi connectivity index (χ4v) is 0.877. The molecule has 1 aromatic rings. The minimum absolute atomic E-state index is 0.301. The second-order valence-corrected chi connectivity index (χ2v) is 2.27. The summed E-state index contributed by atoms with van der Waals surface area (Å²) in [5, 5.41) is 3.92. The predicted octanol–water partition coefficient (Wildman–Crippen LogP) is 0.850. The minimum atomic E-state index is -0.432. The van der Waals surface area contributed by atoms with E-state index in [2.05, 4.69) is 16.4 Å². The zero-order valence-corrected chi connectivity index (χ0v) is 7.07. The Hall–Kier alpha value is -1.58. The Kier molecular flexibility index (Phi) is 2.28. The Bertz CT molecular complexity index is 315. The summed E-state index contributed by atoms with van der Waals surface area (Å²) in [6.45, 7) is 3.58. The van der Waals surface area contributed by atoms with Crippen LogP contribution in [0.1, 0.15) is 16.2 Å². The first-order valence-corrected chi connectivity index (χ1v) is 3.44. The lowest BCUT2D eigenvalue weighted by Gasteiger charge is -1.91. The molecule has 0 atom stereocenters. The highest BCUT2D eigenvalue weighted by atomic mass is 16.5. The molecule has 0 radical (unpaired) electrons. The van der Waals surface area contributed by atoms with Crippen molar-refractivity contribution in [1.82, 2.24) is 9.78 Å². The van der Waals surface area contributed by atoms with Gasteiger partial charge in [0.1, 0.15) is 0 Å². The third kappa shape index (κ3) is 1.37. The lowest BCUT2D eigenvalue weighted by Crippen LogP contribution is -2.02. The van der Waals surface area contributed by atoms with Gasteiger partial charge in [0.05, 0.1) is 12.8 Å². The Labute approximate surface area is 70.4 Å². The predicted molar refractivity (Wildman–Crippen MR) is 44.6 cm³/mol. The van der Waals surface area contributed by atoms with Gasteiger partial charge in [-0.1, -0.05) is 6.58 Å². The molecule has 0 saturated carbocycles. The van der Waals surface area contributed by atoms with Crippen LogP contribution >= 0.6 is 0 Å². The van der Waals surface area contributed by atoms with Crippen molar-refractivity contribution in [2.45, 2.75) is 0 Å². The van der Waals surface area contributed by atoms with Gasteiger partial charge in [-0.15, -0.1) is 0 Å². The molecule has 1 heterocycles. The summed E-state index contributed by atoms with van der Waals surface area (Å²) >= 11 is 0. The molecule has 64 valence electrons. The van der Waals surface area contributed by atoms with Gasteiger partial charge in [-0.05, 0) is 12.1 Å². The van der Waals surface area contributed by atoms with E-state index in [9.17, 15) is 4.79 Å². The molecule has 0 aliphatic heterocycles. The maximum absolute atomic E-state index is 11.0. The normalized spacial score (nSPS) is 9.50. The maximum Gasteiger partial charge on any atom is 0.358 e. The zero-order valence-electron chi connectivity index (χ0n) is 7.07. The molecule has 0 N–H and O–H groups in total. The van der Waals surface area contributed by atoms with E-state index in [1.165, 1.54) is 7.11 Å². The van der Waals surface area contributed by atoms with Crippen molar-refractivity contribution in [3.63, 3.8) is 0 Å². The molecule has 4 nitrogen and oxygen atoms in total. The van der Waals surface area contributed by atoms with Gasteiger partial charge in [0, 0.05) is 7.05 Å². The lowest BCUT2D eigenvalue weighted by atomic mass is 10.3. The van der Waals surface area contributed by atoms with Crippen LogP contribution in [0, 0.1) is 0 Å².